The average Bonchev–Trinajstić information content (AvgIpc) is 2.67. The molecule has 0 unspecified atom stereocenters. The van der Waals surface area contributed by atoms with Gasteiger partial charge in [0, 0.05) is 26.7 Å². The Morgan fingerprint density at radius 2 is 1.81 bits per heavy atom. The number of benzene rings is 1. The van der Waals surface area contributed by atoms with Crippen LogP contribution in [-0.2, 0) is 11.3 Å². The van der Waals surface area contributed by atoms with E-state index in [2.05, 4.69) is 20.4 Å². The second-order valence-electron chi connectivity index (χ2n) is 6.27. The highest BCUT2D eigenvalue weighted by molar-refractivity contribution is 5.86. The van der Waals surface area contributed by atoms with Gasteiger partial charge in [-0.15, -0.1) is 0 Å². The van der Waals surface area contributed by atoms with E-state index in [4.69, 9.17) is 0 Å². The van der Waals surface area contributed by atoms with Crippen LogP contribution in [-0.4, -0.2) is 56.2 Å². The number of guanidine groups is 1. The SMILES string of the molecule is CN=C(NCC(=O)N1CCCCC1)NCc1ccc(OCC(F)(F)F)cc1. The maximum atomic E-state index is 12.1. The van der Waals surface area contributed by atoms with Gasteiger partial charge in [-0.1, -0.05) is 12.1 Å². The molecule has 2 rings (SSSR count). The number of alkyl halides is 3. The lowest BCUT2D eigenvalue weighted by atomic mass is 10.1. The lowest BCUT2D eigenvalue weighted by Gasteiger charge is -2.27. The van der Waals surface area contributed by atoms with Crippen molar-refractivity contribution < 1.29 is 22.7 Å². The molecule has 1 aliphatic heterocycles. The first-order valence-electron chi connectivity index (χ1n) is 8.88. The first-order valence-corrected chi connectivity index (χ1v) is 8.88. The van der Waals surface area contributed by atoms with E-state index in [1.54, 1.807) is 19.2 Å². The fraction of sp³-hybridized carbons (Fsp3) is 0.556. The van der Waals surface area contributed by atoms with E-state index < -0.39 is 12.8 Å². The van der Waals surface area contributed by atoms with E-state index >= 15 is 0 Å². The van der Waals surface area contributed by atoms with E-state index in [0.29, 0.717) is 12.5 Å². The molecule has 1 aromatic rings. The van der Waals surface area contributed by atoms with Crippen molar-refractivity contribution in [3.8, 4) is 5.75 Å². The third kappa shape index (κ3) is 7.76. The minimum Gasteiger partial charge on any atom is -0.484 e. The second-order valence-corrected chi connectivity index (χ2v) is 6.27. The summed E-state index contributed by atoms with van der Waals surface area (Å²) in [6.07, 6.45) is -1.10. The minimum absolute atomic E-state index is 0.0452. The van der Waals surface area contributed by atoms with Crippen molar-refractivity contribution in [1.82, 2.24) is 15.5 Å². The van der Waals surface area contributed by atoms with Crippen LogP contribution >= 0.6 is 0 Å². The number of nitrogens with one attached hydrogen (secondary N) is 2. The van der Waals surface area contributed by atoms with Crippen LogP contribution < -0.4 is 15.4 Å². The second kappa shape index (κ2) is 10.0. The van der Waals surface area contributed by atoms with Gasteiger partial charge in [0.15, 0.2) is 12.6 Å². The quantitative estimate of drug-likeness (QED) is 0.582. The van der Waals surface area contributed by atoms with E-state index in [-0.39, 0.29) is 18.2 Å². The third-order valence-corrected chi connectivity index (χ3v) is 4.13. The fourth-order valence-electron chi connectivity index (χ4n) is 2.69. The highest BCUT2D eigenvalue weighted by Crippen LogP contribution is 2.18. The van der Waals surface area contributed by atoms with Gasteiger partial charge in [-0.05, 0) is 37.0 Å². The van der Waals surface area contributed by atoms with Gasteiger partial charge in [0.1, 0.15) is 5.75 Å². The third-order valence-electron chi connectivity index (χ3n) is 4.13. The predicted octanol–water partition coefficient (Wildman–Crippen LogP) is 2.31. The molecule has 0 aromatic heterocycles. The summed E-state index contributed by atoms with van der Waals surface area (Å²) in [6, 6.07) is 6.31. The van der Waals surface area contributed by atoms with Gasteiger partial charge >= 0.3 is 6.18 Å². The van der Waals surface area contributed by atoms with Crippen LogP contribution in [0.3, 0.4) is 0 Å². The number of nitrogens with zero attached hydrogens (tertiary/aromatic N) is 2. The lowest BCUT2D eigenvalue weighted by Crippen LogP contribution is -2.45. The Morgan fingerprint density at radius 1 is 1.15 bits per heavy atom. The molecule has 150 valence electrons. The Hall–Kier alpha value is -2.45. The number of rotatable bonds is 6. The van der Waals surface area contributed by atoms with Crippen molar-refractivity contribution in [3.63, 3.8) is 0 Å². The topological polar surface area (TPSA) is 66.0 Å². The van der Waals surface area contributed by atoms with E-state index in [0.717, 1.165) is 31.5 Å². The monoisotopic (exact) mass is 386 g/mol. The summed E-state index contributed by atoms with van der Waals surface area (Å²) in [5.74, 6) is 0.687. The molecule has 0 spiro atoms. The van der Waals surface area contributed by atoms with Gasteiger partial charge in [0.25, 0.3) is 0 Å². The van der Waals surface area contributed by atoms with Crippen molar-refractivity contribution >= 4 is 11.9 Å². The number of hydrogen-bond donors (Lipinski definition) is 2. The van der Waals surface area contributed by atoms with Crippen LogP contribution in [0.1, 0.15) is 24.8 Å². The highest BCUT2D eigenvalue weighted by Gasteiger charge is 2.28. The van der Waals surface area contributed by atoms with Gasteiger partial charge < -0.3 is 20.3 Å². The summed E-state index contributed by atoms with van der Waals surface area (Å²) >= 11 is 0. The molecular formula is C18H25F3N4O2. The molecular weight excluding hydrogens is 361 g/mol. The highest BCUT2D eigenvalue weighted by atomic mass is 19.4. The first-order chi connectivity index (χ1) is 12.9. The minimum atomic E-state index is -4.36. The Balaban J connectivity index is 1.74. The normalized spacial score (nSPS) is 15.4. The number of halogens is 3. The van der Waals surface area contributed by atoms with E-state index in [1.807, 2.05) is 4.90 Å². The maximum absolute atomic E-state index is 12.1. The molecule has 2 N–H and O–H groups in total. The molecule has 1 amide bonds. The molecule has 0 radical (unpaired) electrons. The van der Waals surface area contributed by atoms with Crippen LogP contribution in [0.25, 0.3) is 0 Å². The Morgan fingerprint density at radius 3 is 2.41 bits per heavy atom. The zero-order valence-corrected chi connectivity index (χ0v) is 15.3. The number of hydrogen-bond acceptors (Lipinski definition) is 3. The standard InChI is InChI=1S/C18H25F3N4O2/c1-22-17(24-12-16(26)25-9-3-2-4-10-25)23-11-14-5-7-15(8-6-14)27-13-18(19,20)21/h5-8H,2-4,9-13H2,1H3,(H2,22,23,24). The molecule has 0 atom stereocenters. The number of amides is 1. The van der Waals surface area contributed by atoms with Gasteiger partial charge in [-0.2, -0.15) is 13.2 Å². The number of carbonyl (C=O) groups excluding carboxylic acids is 1. The number of aliphatic imine (C=N–C) groups is 1. The molecule has 6 nitrogen and oxygen atoms in total. The van der Waals surface area contributed by atoms with Crippen LogP contribution in [0, 0.1) is 0 Å². The number of carbonyl (C=O) groups is 1. The molecule has 1 saturated heterocycles. The average molecular weight is 386 g/mol. The van der Waals surface area contributed by atoms with Crippen LogP contribution in [0.2, 0.25) is 0 Å². The maximum Gasteiger partial charge on any atom is 0.422 e. The summed E-state index contributed by atoms with van der Waals surface area (Å²) in [5, 5.41) is 6.05. The van der Waals surface area contributed by atoms with Crippen molar-refractivity contribution in [2.45, 2.75) is 32.0 Å². The molecule has 1 aromatic carbocycles. The van der Waals surface area contributed by atoms with Crippen molar-refractivity contribution in [1.29, 1.82) is 0 Å². The van der Waals surface area contributed by atoms with Crippen molar-refractivity contribution in [3.05, 3.63) is 29.8 Å². The van der Waals surface area contributed by atoms with Gasteiger partial charge in [0.05, 0.1) is 6.54 Å². The Labute approximate surface area is 156 Å². The molecule has 1 aliphatic rings. The molecule has 0 aliphatic carbocycles. The van der Waals surface area contributed by atoms with Gasteiger partial charge in [-0.25, -0.2) is 0 Å². The predicted molar refractivity (Wildman–Crippen MR) is 96.6 cm³/mol. The molecule has 0 bridgehead atoms. The first kappa shape index (κ1) is 20.9. The molecule has 0 saturated carbocycles. The summed E-state index contributed by atoms with van der Waals surface area (Å²) in [4.78, 5) is 18.1. The van der Waals surface area contributed by atoms with Gasteiger partial charge in [0.2, 0.25) is 5.91 Å². The molecule has 9 heteroatoms. The number of ether oxygens (including phenoxy) is 1. The smallest absolute Gasteiger partial charge is 0.422 e. The summed E-state index contributed by atoms with van der Waals surface area (Å²) in [7, 11) is 1.61. The number of piperidine rings is 1. The summed E-state index contributed by atoms with van der Waals surface area (Å²) < 4.78 is 41.1. The van der Waals surface area contributed by atoms with Gasteiger partial charge in [-0.3, -0.25) is 9.79 Å². The van der Waals surface area contributed by atoms with Crippen molar-refractivity contribution in [2.75, 3.05) is 33.3 Å². The van der Waals surface area contributed by atoms with Crippen molar-refractivity contribution in [2.24, 2.45) is 4.99 Å². The summed E-state index contributed by atoms with van der Waals surface area (Å²) in [6.45, 7) is 0.873. The molecule has 1 fully saturated rings. The van der Waals surface area contributed by atoms with E-state index in [1.165, 1.54) is 18.6 Å². The molecule has 27 heavy (non-hydrogen) atoms. The summed E-state index contributed by atoms with van der Waals surface area (Å²) in [5.41, 5.74) is 0.847. The Kier molecular flexibility index (Phi) is 7.75. The Bertz CT molecular complexity index is 626. The van der Waals surface area contributed by atoms with E-state index in [9.17, 15) is 18.0 Å². The zero-order chi connectivity index (χ0) is 19.7. The largest absolute Gasteiger partial charge is 0.484 e. The number of likely N-dealkylation sites (tertiary alicyclic amines) is 1. The molecule has 1 heterocycles. The fourth-order valence-corrected chi connectivity index (χ4v) is 2.69. The lowest BCUT2D eigenvalue weighted by molar-refractivity contribution is -0.153. The zero-order valence-electron chi connectivity index (χ0n) is 15.3. The van der Waals surface area contributed by atoms with Crippen LogP contribution in [0.15, 0.2) is 29.3 Å². The van der Waals surface area contributed by atoms with Crippen LogP contribution in [0.5, 0.6) is 5.75 Å². The van der Waals surface area contributed by atoms with Crippen LogP contribution in [0.4, 0.5) is 13.2 Å².